The van der Waals surface area contributed by atoms with E-state index >= 15 is 0 Å². The van der Waals surface area contributed by atoms with Crippen LogP contribution in [0.15, 0.2) is 17.5 Å². The van der Waals surface area contributed by atoms with E-state index in [1.54, 1.807) is 22.4 Å². The first-order chi connectivity index (χ1) is 15.6. The van der Waals surface area contributed by atoms with E-state index in [1.807, 2.05) is 0 Å². The van der Waals surface area contributed by atoms with Crippen LogP contribution >= 0.6 is 11.3 Å². The topological polar surface area (TPSA) is 92.4 Å². The molecule has 2 aliphatic rings. The quantitative estimate of drug-likeness (QED) is 0.709. The summed E-state index contributed by atoms with van der Waals surface area (Å²) in [6, 6.07) is 2.85. The zero-order chi connectivity index (χ0) is 23.8. The predicted octanol–water partition coefficient (Wildman–Crippen LogP) is 3.08. The summed E-state index contributed by atoms with van der Waals surface area (Å²) in [7, 11) is 0. The lowest BCUT2D eigenvalue weighted by Crippen LogP contribution is -2.48. The van der Waals surface area contributed by atoms with Crippen LogP contribution in [-0.2, 0) is 28.7 Å². The third-order valence-electron chi connectivity index (χ3n) is 6.06. The van der Waals surface area contributed by atoms with Gasteiger partial charge in [0, 0.05) is 44.1 Å². The van der Waals surface area contributed by atoms with Gasteiger partial charge in [-0.1, -0.05) is 13.0 Å². The van der Waals surface area contributed by atoms with Crippen molar-refractivity contribution >= 4 is 23.2 Å². The number of amides is 2. The lowest BCUT2D eigenvalue weighted by Gasteiger charge is -2.34. The number of aromatic nitrogens is 2. The summed E-state index contributed by atoms with van der Waals surface area (Å²) in [5.74, 6) is 0.194. The second kappa shape index (κ2) is 9.38. The van der Waals surface area contributed by atoms with E-state index in [-0.39, 0.29) is 54.8 Å². The highest BCUT2D eigenvalue weighted by atomic mass is 32.1. The number of hydrogen-bond donors (Lipinski definition) is 1. The number of thiophene rings is 1. The van der Waals surface area contributed by atoms with Gasteiger partial charge in [0.15, 0.2) is 11.5 Å². The van der Waals surface area contributed by atoms with E-state index in [4.69, 9.17) is 5.73 Å². The average Bonchev–Trinajstić information content (AvgIpc) is 3.29. The molecule has 0 spiro atoms. The summed E-state index contributed by atoms with van der Waals surface area (Å²) in [6.07, 6.45) is -3.23. The minimum Gasteiger partial charge on any atom is -0.341 e. The molecule has 2 amide bonds. The highest BCUT2D eigenvalue weighted by molar-refractivity contribution is 7.13. The maximum absolute atomic E-state index is 13.7. The number of rotatable bonds is 5. The van der Waals surface area contributed by atoms with Crippen molar-refractivity contribution in [2.24, 2.45) is 11.7 Å². The molecular weight excluding hydrogens is 455 g/mol. The Morgan fingerprint density at radius 2 is 2.12 bits per heavy atom. The van der Waals surface area contributed by atoms with Crippen LogP contribution in [0.4, 0.5) is 13.2 Å². The number of alkyl halides is 3. The van der Waals surface area contributed by atoms with Crippen molar-refractivity contribution in [1.82, 2.24) is 19.8 Å². The molecule has 0 aromatic carbocycles. The molecule has 0 unspecified atom stereocenters. The molecule has 1 saturated heterocycles. The summed E-state index contributed by atoms with van der Waals surface area (Å²) in [5, 5.41) is 1.75. The highest BCUT2D eigenvalue weighted by Crippen LogP contribution is 2.36. The number of piperidine rings is 1. The van der Waals surface area contributed by atoms with E-state index in [0.29, 0.717) is 30.3 Å². The smallest absolute Gasteiger partial charge is 0.341 e. The molecule has 4 rings (SSSR count). The van der Waals surface area contributed by atoms with Crippen molar-refractivity contribution in [3.05, 3.63) is 34.5 Å². The largest absolute Gasteiger partial charge is 0.433 e. The molecule has 2 aromatic heterocycles. The van der Waals surface area contributed by atoms with Crippen LogP contribution in [0.25, 0.3) is 10.7 Å². The van der Waals surface area contributed by atoms with Gasteiger partial charge in [-0.25, -0.2) is 9.97 Å². The number of carbonyl (C=O) groups excluding carboxylic acids is 2. The number of fused-ring (bicyclic) bond motifs is 1. The summed E-state index contributed by atoms with van der Waals surface area (Å²) in [4.78, 5) is 36.9. The van der Waals surface area contributed by atoms with Gasteiger partial charge in [-0.05, 0) is 30.2 Å². The first kappa shape index (κ1) is 23.6. The monoisotopic (exact) mass is 481 g/mol. The summed E-state index contributed by atoms with van der Waals surface area (Å²) >= 11 is 1.26. The molecule has 7 nitrogen and oxygen atoms in total. The predicted molar refractivity (Wildman–Crippen MR) is 117 cm³/mol. The van der Waals surface area contributed by atoms with Crippen molar-refractivity contribution in [3.8, 4) is 10.7 Å². The van der Waals surface area contributed by atoms with Gasteiger partial charge in [-0.15, -0.1) is 11.3 Å². The Hall–Kier alpha value is -2.53. The average molecular weight is 482 g/mol. The van der Waals surface area contributed by atoms with Gasteiger partial charge in [0.25, 0.3) is 0 Å². The maximum Gasteiger partial charge on any atom is 0.433 e. The van der Waals surface area contributed by atoms with Gasteiger partial charge in [0.1, 0.15) is 0 Å². The molecule has 2 aromatic rings. The fourth-order valence-corrected chi connectivity index (χ4v) is 5.03. The maximum atomic E-state index is 13.7. The van der Waals surface area contributed by atoms with Crippen molar-refractivity contribution in [2.45, 2.75) is 51.4 Å². The molecular formula is C22H26F3N5O2S. The van der Waals surface area contributed by atoms with Crippen LogP contribution < -0.4 is 5.73 Å². The number of halogens is 3. The van der Waals surface area contributed by atoms with Gasteiger partial charge in [-0.3, -0.25) is 9.59 Å². The molecule has 0 bridgehead atoms. The molecule has 1 fully saturated rings. The molecule has 2 atom stereocenters. The number of likely N-dealkylation sites (tertiary alicyclic amines) is 1. The van der Waals surface area contributed by atoms with E-state index in [0.717, 1.165) is 6.42 Å². The molecule has 0 radical (unpaired) electrons. The molecule has 11 heteroatoms. The minimum atomic E-state index is -4.61. The van der Waals surface area contributed by atoms with E-state index in [9.17, 15) is 22.8 Å². The van der Waals surface area contributed by atoms with Gasteiger partial charge in [0.2, 0.25) is 11.8 Å². The Balaban J connectivity index is 1.48. The summed E-state index contributed by atoms with van der Waals surface area (Å²) in [5.41, 5.74) is 5.50. The molecule has 0 saturated carbocycles. The second-order valence-corrected chi connectivity index (χ2v) is 9.72. The SMILES string of the molecule is C[C@@H]1CCC(=O)N(C[C@@H](N)CC(=O)N2CCc3c(nc(-c4cccs4)nc3C(F)(F)F)C2)C1. The third-order valence-corrected chi connectivity index (χ3v) is 6.92. The fourth-order valence-electron chi connectivity index (χ4n) is 4.37. The second-order valence-electron chi connectivity index (χ2n) is 8.77. The first-order valence-corrected chi connectivity index (χ1v) is 11.8. The Morgan fingerprint density at radius 3 is 2.82 bits per heavy atom. The third kappa shape index (κ3) is 5.35. The van der Waals surface area contributed by atoms with Gasteiger partial charge >= 0.3 is 6.18 Å². The van der Waals surface area contributed by atoms with Crippen molar-refractivity contribution < 1.29 is 22.8 Å². The van der Waals surface area contributed by atoms with Crippen molar-refractivity contribution in [1.29, 1.82) is 0 Å². The molecule has 178 valence electrons. The van der Waals surface area contributed by atoms with E-state index in [1.165, 1.54) is 16.2 Å². The van der Waals surface area contributed by atoms with Crippen molar-refractivity contribution in [2.75, 3.05) is 19.6 Å². The van der Waals surface area contributed by atoms with Gasteiger partial charge < -0.3 is 15.5 Å². The Bertz CT molecular complexity index is 1030. The molecule has 0 aliphatic carbocycles. The van der Waals surface area contributed by atoms with E-state index < -0.39 is 17.9 Å². The molecule has 2 aliphatic heterocycles. The summed E-state index contributed by atoms with van der Waals surface area (Å²) in [6.45, 7) is 3.11. The molecule has 4 heterocycles. The Morgan fingerprint density at radius 1 is 1.33 bits per heavy atom. The van der Waals surface area contributed by atoms with Crippen LogP contribution in [0.2, 0.25) is 0 Å². The number of nitrogens with two attached hydrogens (primary N) is 1. The Kier molecular flexibility index (Phi) is 6.71. The Labute approximate surface area is 193 Å². The molecule has 2 N–H and O–H groups in total. The first-order valence-electron chi connectivity index (χ1n) is 10.9. The van der Waals surface area contributed by atoms with Gasteiger partial charge in [-0.2, -0.15) is 13.2 Å². The number of carbonyl (C=O) groups is 2. The number of nitrogens with zero attached hydrogens (tertiary/aromatic N) is 4. The van der Waals surface area contributed by atoms with Crippen LogP contribution in [-0.4, -0.2) is 57.3 Å². The lowest BCUT2D eigenvalue weighted by atomic mass is 9.98. The summed E-state index contributed by atoms with van der Waals surface area (Å²) < 4.78 is 41.1. The normalized spacial score (nSPS) is 20.0. The fraction of sp³-hybridized carbons (Fsp3) is 0.545. The van der Waals surface area contributed by atoms with Crippen molar-refractivity contribution in [3.63, 3.8) is 0 Å². The van der Waals surface area contributed by atoms with Gasteiger partial charge in [0.05, 0.1) is 17.1 Å². The zero-order valence-electron chi connectivity index (χ0n) is 18.3. The zero-order valence-corrected chi connectivity index (χ0v) is 19.1. The van der Waals surface area contributed by atoms with Crippen LogP contribution in [0.5, 0.6) is 0 Å². The highest BCUT2D eigenvalue weighted by Gasteiger charge is 2.39. The van der Waals surface area contributed by atoms with Crippen LogP contribution in [0, 0.1) is 5.92 Å². The number of hydrogen-bond acceptors (Lipinski definition) is 6. The van der Waals surface area contributed by atoms with Crippen LogP contribution in [0.3, 0.4) is 0 Å². The minimum absolute atomic E-state index is 0.0137. The van der Waals surface area contributed by atoms with E-state index in [2.05, 4.69) is 16.9 Å². The lowest BCUT2D eigenvalue weighted by molar-refractivity contribution is -0.142. The standard InChI is InChI=1S/C22H26F3N5O2S/c1-13-4-5-18(31)30(10-13)11-14(26)9-19(32)29-7-6-15-16(12-29)27-21(17-3-2-8-33-17)28-20(15)22(23,24)25/h2-3,8,13-14H,4-7,9-12,26H2,1H3/t13-,14+/m1/s1. The molecule has 33 heavy (non-hydrogen) atoms. The van der Waals surface area contributed by atoms with Crippen LogP contribution in [0.1, 0.15) is 43.1 Å².